The van der Waals surface area contributed by atoms with Crippen molar-refractivity contribution >= 4 is 74.6 Å². The first-order valence-electron chi connectivity index (χ1n) is 35.9. The lowest BCUT2D eigenvalue weighted by molar-refractivity contribution is 0.0656. The van der Waals surface area contributed by atoms with Gasteiger partial charge in [0.05, 0.1) is 33.8 Å². The molecule has 10 heterocycles. The molecule has 0 bridgehead atoms. The standard InChI is InChI=1S/C27H28N6O3.C26H30N6O2.C22H26BrN3O2.C4H5N3/c1-27(2)22(18-7-4-3-5-8-18)32(26(35)36-27)20-11-9-17(10-12-20)19-15-21-23(30-16-19)31-25(34)33(21)24-28-13-6-14-29-24;1-26(2)22(18-7-4-3-5-8-18)32(25(33)34-26)20-11-9-17(10-12-20)19-15-21(23(27)30-16-19)31-24-28-13-6-14-29-24;1-22(2)19(15-6-4-3-5-7-15)26(21(27)28-22)17-10-8-14(9-11-17)16-12-18(23)20(24)25-13-16;5-4-6-2-1-3-7-4/h3-8,13-17,20,22H,9-12H2,1-2H3,(H,30,31,34);3-8,13-17,20,22H,9-12H2,1-2H3,(H2,27,30)(H,28,29,31);3-7,12-14,17,19H,8-11H2,1-2H3,(H2,24,25);1-3H,(H2,5,6,7)/t2*17?,20?,22-;14?,17?,19-;/m111./s1. The number of amides is 3. The van der Waals surface area contributed by atoms with Crippen LogP contribution in [0, 0.1) is 0 Å². The molecule has 3 saturated carbocycles. The second-order valence-corrected chi connectivity index (χ2v) is 30.0. The number of carbonyl (C=O) groups excluding carboxylic acids is 3. The summed E-state index contributed by atoms with van der Waals surface area (Å²) in [7, 11) is 0. The van der Waals surface area contributed by atoms with Gasteiger partial charge in [-0.1, -0.05) is 91.0 Å². The summed E-state index contributed by atoms with van der Waals surface area (Å²) in [5, 5.41) is 3.16. The van der Waals surface area contributed by atoms with Crippen molar-refractivity contribution in [3.05, 3.63) is 232 Å². The number of benzene rings is 3. The van der Waals surface area contributed by atoms with E-state index >= 15 is 0 Å². The zero-order valence-corrected chi connectivity index (χ0v) is 61.4. The minimum atomic E-state index is -0.596. The van der Waals surface area contributed by atoms with Crippen LogP contribution < -0.4 is 28.2 Å². The Morgan fingerprint density at radius 3 is 1.18 bits per heavy atom. The number of aromatic amines is 1. The third kappa shape index (κ3) is 16.1. The number of ether oxygens (including phenoxy) is 3. The van der Waals surface area contributed by atoms with Gasteiger partial charge in [-0.15, -0.1) is 0 Å². The van der Waals surface area contributed by atoms with Crippen molar-refractivity contribution in [2.24, 2.45) is 0 Å². The fourth-order valence-electron chi connectivity index (χ4n) is 16.2. The molecule has 7 aromatic heterocycles. The Morgan fingerprint density at radius 1 is 0.429 bits per heavy atom. The van der Waals surface area contributed by atoms with E-state index in [2.05, 4.69) is 114 Å². The van der Waals surface area contributed by atoms with Crippen molar-refractivity contribution in [3.63, 3.8) is 0 Å². The molecule has 3 saturated heterocycles. The molecule has 25 nitrogen and oxygen atoms in total. The van der Waals surface area contributed by atoms with Gasteiger partial charge in [-0.3, -0.25) is 19.7 Å². The predicted octanol–water partition coefficient (Wildman–Crippen LogP) is 15.2. The summed E-state index contributed by atoms with van der Waals surface area (Å²) in [5.74, 6) is 3.14. The number of fused-ring (bicyclic) bond motifs is 1. The van der Waals surface area contributed by atoms with Crippen LogP contribution in [0.25, 0.3) is 17.1 Å². The van der Waals surface area contributed by atoms with Crippen molar-refractivity contribution in [1.82, 2.24) is 69.1 Å². The van der Waals surface area contributed by atoms with Crippen LogP contribution in [0.3, 0.4) is 0 Å². The van der Waals surface area contributed by atoms with Gasteiger partial charge in [-0.05, 0) is 222 Å². The van der Waals surface area contributed by atoms with Crippen LogP contribution in [0.15, 0.2) is 192 Å². The number of nitrogen functional groups attached to an aromatic ring is 3. The zero-order valence-electron chi connectivity index (χ0n) is 59.8. The fraction of sp³-hybridized carbons (Fsp3) is 0.380. The summed E-state index contributed by atoms with van der Waals surface area (Å²) < 4.78 is 19.7. The molecule has 3 aromatic carbocycles. The van der Waals surface area contributed by atoms with Crippen molar-refractivity contribution in [1.29, 1.82) is 0 Å². The lowest BCUT2D eigenvalue weighted by Crippen LogP contribution is -2.42. The number of anilines is 5. The summed E-state index contributed by atoms with van der Waals surface area (Å²) in [4.78, 5) is 97.4. The minimum absolute atomic E-state index is 0.0601. The average molecular weight is 1480 g/mol. The molecule has 0 unspecified atom stereocenters. The predicted molar refractivity (Wildman–Crippen MR) is 404 cm³/mol. The van der Waals surface area contributed by atoms with E-state index < -0.39 is 16.8 Å². The van der Waals surface area contributed by atoms with Crippen LogP contribution in [-0.2, 0) is 14.2 Å². The maximum absolute atomic E-state index is 13.0. The number of nitrogens with zero attached hydrogens (tertiary/aromatic N) is 13. The number of hydrogen-bond acceptors (Lipinski definition) is 20. The van der Waals surface area contributed by atoms with Gasteiger partial charge in [0.2, 0.25) is 17.8 Å². The Kier molecular flexibility index (Phi) is 21.5. The topological polar surface area (TPSA) is 333 Å². The van der Waals surface area contributed by atoms with Crippen molar-refractivity contribution in [3.8, 4) is 5.95 Å². The van der Waals surface area contributed by atoms with Gasteiger partial charge >= 0.3 is 24.0 Å². The minimum Gasteiger partial charge on any atom is -0.441 e. The summed E-state index contributed by atoms with van der Waals surface area (Å²) in [6.45, 7) is 12.0. The Bertz CT molecular complexity index is 4670. The number of pyridine rings is 3. The van der Waals surface area contributed by atoms with E-state index in [0.717, 1.165) is 109 Å². The van der Waals surface area contributed by atoms with E-state index in [1.54, 1.807) is 55.4 Å². The molecule has 10 aromatic rings. The van der Waals surface area contributed by atoms with Crippen molar-refractivity contribution in [2.45, 2.75) is 189 Å². The molecule has 3 atom stereocenters. The Balaban J connectivity index is 0.000000134. The van der Waals surface area contributed by atoms with Gasteiger partial charge in [0.25, 0.3) is 0 Å². The van der Waals surface area contributed by atoms with Gasteiger partial charge in [0, 0.05) is 73.9 Å². The van der Waals surface area contributed by atoms with Crippen LogP contribution in [-0.4, -0.2) is 122 Å². The van der Waals surface area contributed by atoms with Crippen LogP contribution >= 0.6 is 15.9 Å². The molecule has 26 heteroatoms. The highest BCUT2D eigenvalue weighted by Crippen LogP contribution is 2.50. The summed E-state index contributed by atoms with van der Waals surface area (Å²) >= 11 is 3.48. The molecule has 0 spiro atoms. The van der Waals surface area contributed by atoms with E-state index in [4.69, 9.17) is 31.4 Å². The largest absolute Gasteiger partial charge is 0.441 e. The molecule has 6 fully saturated rings. The van der Waals surface area contributed by atoms with E-state index in [0.29, 0.717) is 58.2 Å². The van der Waals surface area contributed by atoms with Crippen molar-refractivity contribution in [2.75, 3.05) is 22.5 Å². The van der Waals surface area contributed by atoms with Gasteiger partial charge in [0.1, 0.15) is 28.4 Å². The molecule has 0 radical (unpaired) electrons. The molecular formula is C79H89BrN18O7. The molecule has 8 N–H and O–H groups in total. The second-order valence-electron chi connectivity index (χ2n) is 29.2. The number of aromatic nitrogens is 11. The van der Waals surface area contributed by atoms with Crippen molar-refractivity contribution < 1.29 is 28.6 Å². The first-order valence-corrected chi connectivity index (χ1v) is 36.7. The average Bonchev–Trinajstić information content (AvgIpc) is 1.65. The maximum Gasteiger partial charge on any atom is 0.411 e. The van der Waals surface area contributed by atoms with Crippen LogP contribution in [0.5, 0.6) is 0 Å². The number of halogens is 1. The van der Waals surface area contributed by atoms with Gasteiger partial charge in [-0.2, -0.15) is 0 Å². The zero-order chi connectivity index (χ0) is 73.6. The molecular weight excluding hydrogens is 1390 g/mol. The van der Waals surface area contributed by atoms with Gasteiger partial charge < -0.3 is 36.7 Å². The summed E-state index contributed by atoms with van der Waals surface area (Å²) in [6.07, 6.45) is 26.0. The summed E-state index contributed by atoms with van der Waals surface area (Å²) in [6, 6.07) is 42.1. The van der Waals surface area contributed by atoms with E-state index in [9.17, 15) is 19.2 Å². The van der Waals surface area contributed by atoms with Gasteiger partial charge in [0.15, 0.2) is 5.65 Å². The Hall–Kier alpha value is -10.9. The number of cyclic esters (lactones) is 3. The number of nitrogens with one attached hydrogen (secondary N) is 2. The number of nitrogens with two attached hydrogens (primary N) is 3. The van der Waals surface area contributed by atoms with Gasteiger partial charge in [-0.25, -0.2) is 68.6 Å². The fourth-order valence-corrected chi connectivity index (χ4v) is 16.5. The highest BCUT2D eigenvalue weighted by atomic mass is 79.9. The molecule has 3 aliphatic heterocycles. The molecule has 105 heavy (non-hydrogen) atoms. The molecule has 6 aliphatic rings. The second kappa shape index (κ2) is 31.2. The summed E-state index contributed by atoms with van der Waals surface area (Å²) in [5.41, 5.74) is 23.7. The van der Waals surface area contributed by atoms with E-state index in [1.807, 2.05) is 142 Å². The molecule has 3 amide bonds. The number of H-pyrrole nitrogens is 1. The molecule has 16 rings (SSSR count). The number of carbonyl (C=O) groups is 3. The third-order valence-corrected chi connectivity index (χ3v) is 21.7. The number of hydrogen-bond donors (Lipinski definition) is 5. The number of imidazole rings is 1. The third-order valence-electron chi connectivity index (χ3n) is 21.1. The monoisotopic (exact) mass is 1480 g/mol. The maximum atomic E-state index is 13.0. The highest BCUT2D eigenvalue weighted by Gasteiger charge is 2.54. The Morgan fingerprint density at radius 2 is 0.790 bits per heavy atom. The SMILES string of the molecule is CC1(C)OC(=O)N(C2CCC(c3cnc(N)c(Br)c3)CC2)[C@@H]1c1ccccc1.CC1(C)OC(=O)N(C2CCC(c3cnc(N)c(Nc4ncccn4)c3)CC2)[C@@H]1c1ccccc1.CC1(C)OC(=O)N(C2CCC(c3cnc4[nH]c(=O)n(-c5ncccn5)c4c3)CC2)[C@@H]1c1ccccc1.Nc1ncccn1. The van der Waals surface area contributed by atoms with E-state index in [-0.39, 0.29) is 66.1 Å². The van der Waals surface area contributed by atoms with Crippen LogP contribution in [0.1, 0.15) is 188 Å². The first kappa shape index (κ1) is 72.5. The first-order chi connectivity index (χ1) is 50.6. The lowest BCUT2D eigenvalue weighted by Gasteiger charge is -2.38. The highest BCUT2D eigenvalue weighted by molar-refractivity contribution is 9.10. The molecule has 3 aliphatic carbocycles. The van der Waals surface area contributed by atoms with E-state index in [1.165, 1.54) is 10.1 Å². The number of rotatable bonds is 12. The molecule has 544 valence electrons. The Labute approximate surface area is 618 Å². The smallest absolute Gasteiger partial charge is 0.411 e. The lowest BCUT2D eigenvalue weighted by atomic mass is 9.80. The van der Waals surface area contributed by atoms with Crippen LogP contribution in [0.4, 0.5) is 43.6 Å². The van der Waals surface area contributed by atoms with Crippen LogP contribution in [0.2, 0.25) is 0 Å². The quantitative estimate of drug-likeness (QED) is 0.0709. The normalized spacial score (nSPS) is 23.6.